The van der Waals surface area contributed by atoms with Gasteiger partial charge in [-0.25, -0.2) is 9.59 Å². The van der Waals surface area contributed by atoms with E-state index < -0.39 is 35.3 Å². The van der Waals surface area contributed by atoms with Crippen molar-refractivity contribution in [3.8, 4) is 0 Å². The molecule has 0 aromatic heterocycles. The van der Waals surface area contributed by atoms with Crippen LogP contribution in [-0.2, 0) is 9.53 Å². The molecule has 0 bridgehead atoms. The lowest BCUT2D eigenvalue weighted by Gasteiger charge is -2.34. The largest absolute Gasteiger partial charge is 0.480 e. The predicted molar refractivity (Wildman–Crippen MR) is 60.6 cm³/mol. The Kier molecular flexibility index (Phi) is 4.85. The van der Waals surface area contributed by atoms with Crippen LogP contribution in [0, 0.1) is 5.41 Å². The molecule has 1 amide bonds. The summed E-state index contributed by atoms with van der Waals surface area (Å²) >= 11 is 0. The number of carbonyl (C=O) groups excluding carboxylic acids is 1. The predicted octanol–water partition coefficient (Wildman–Crippen LogP) is 2.55. The van der Waals surface area contributed by atoms with Gasteiger partial charge < -0.3 is 15.2 Å². The summed E-state index contributed by atoms with van der Waals surface area (Å²) in [5, 5.41) is 10.6. The molecule has 5 nitrogen and oxygen atoms in total. The second-order valence-electron chi connectivity index (χ2n) is 5.64. The van der Waals surface area contributed by atoms with Crippen LogP contribution in [0.2, 0.25) is 0 Å². The minimum Gasteiger partial charge on any atom is -0.480 e. The van der Waals surface area contributed by atoms with Crippen molar-refractivity contribution in [1.29, 1.82) is 0 Å². The molecule has 0 aliphatic heterocycles. The summed E-state index contributed by atoms with van der Waals surface area (Å²) in [6, 6.07) is -2.14. The maximum atomic E-state index is 12.8. The van der Waals surface area contributed by atoms with E-state index in [0.29, 0.717) is 13.8 Å². The molecular weight excluding hydrogens is 267 g/mol. The highest BCUT2D eigenvalue weighted by Gasteiger charge is 2.56. The van der Waals surface area contributed by atoms with Crippen LogP contribution in [0.15, 0.2) is 0 Å². The fourth-order valence-corrected chi connectivity index (χ4v) is 1.14. The number of hydrogen-bond acceptors (Lipinski definition) is 3. The Morgan fingerprint density at radius 2 is 1.53 bits per heavy atom. The smallest absolute Gasteiger partial charge is 0.408 e. The van der Waals surface area contributed by atoms with Crippen molar-refractivity contribution in [2.75, 3.05) is 0 Å². The molecule has 0 radical (unpaired) electrons. The van der Waals surface area contributed by atoms with Crippen molar-refractivity contribution in [1.82, 2.24) is 5.32 Å². The Morgan fingerprint density at radius 1 is 1.11 bits per heavy atom. The van der Waals surface area contributed by atoms with Gasteiger partial charge in [0.15, 0.2) is 0 Å². The number of aliphatic carboxylic acids is 1. The molecule has 0 aromatic rings. The first-order valence-electron chi connectivity index (χ1n) is 5.47. The fraction of sp³-hybridized carbons (Fsp3) is 0.818. The van der Waals surface area contributed by atoms with Gasteiger partial charge in [-0.3, -0.25) is 0 Å². The van der Waals surface area contributed by atoms with E-state index in [0.717, 1.165) is 0 Å². The number of alkyl halides is 3. The Hall–Kier alpha value is -1.47. The van der Waals surface area contributed by atoms with Crippen molar-refractivity contribution in [2.45, 2.75) is 52.4 Å². The summed E-state index contributed by atoms with van der Waals surface area (Å²) in [5.41, 5.74) is -3.56. The van der Waals surface area contributed by atoms with Crippen molar-refractivity contribution in [3.63, 3.8) is 0 Å². The van der Waals surface area contributed by atoms with Crippen LogP contribution in [0.25, 0.3) is 0 Å². The van der Waals surface area contributed by atoms with E-state index >= 15 is 0 Å². The molecule has 112 valence electrons. The highest BCUT2D eigenvalue weighted by atomic mass is 19.4. The van der Waals surface area contributed by atoms with Gasteiger partial charge >= 0.3 is 18.2 Å². The average Bonchev–Trinajstić information content (AvgIpc) is 2.08. The van der Waals surface area contributed by atoms with Crippen LogP contribution < -0.4 is 5.32 Å². The summed E-state index contributed by atoms with van der Waals surface area (Å²) in [4.78, 5) is 22.3. The molecular formula is C11H18F3NO4. The lowest BCUT2D eigenvalue weighted by atomic mass is 9.83. The van der Waals surface area contributed by atoms with E-state index in [2.05, 4.69) is 0 Å². The Balaban J connectivity index is 5.07. The third kappa shape index (κ3) is 4.96. The van der Waals surface area contributed by atoms with E-state index in [1.54, 1.807) is 5.32 Å². The number of amides is 1. The van der Waals surface area contributed by atoms with E-state index in [4.69, 9.17) is 9.84 Å². The number of carboxylic acid groups (broad SMARTS) is 1. The van der Waals surface area contributed by atoms with E-state index in [1.165, 1.54) is 20.8 Å². The maximum Gasteiger partial charge on any atom is 0.408 e. The third-order valence-electron chi connectivity index (χ3n) is 2.36. The topological polar surface area (TPSA) is 75.6 Å². The zero-order valence-electron chi connectivity index (χ0n) is 11.4. The average molecular weight is 285 g/mol. The molecule has 2 N–H and O–H groups in total. The minimum atomic E-state index is -4.79. The van der Waals surface area contributed by atoms with Crippen LogP contribution in [0.5, 0.6) is 0 Å². The molecule has 0 aliphatic rings. The van der Waals surface area contributed by atoms with Gasteiger partial charge in [0.05, 0.1) is 5.41 Å². The number of hydrogen-bond donors (Lipinski definition) is 2. The molecule has 0 aromatic carbocycles. The zero-order chi connectivity index (χ0) is 15.6. The molecule has 0 saturated carbocycles. The Labute approximate surface area is 109 Å². The van der Waals surface area contributed by atoms with Crippen LogP contribution in [0.4, 0.5) is 18.0 Å². The summed E-state index contributed by atoms with van der Waals surface area (Å²) in [6.07, 6.45) is -6.00. The second-order valence-corrected chi connectivity index (χ2v) is 5.64. The first kappa shape index (κ1) is 17.5. The zero-order valence-corrected chi connectivity index (χ0v) is 11.4. The molecule has 19 heavy (non-hydrogen) atoms. The number of carbonyl (C=O) groups is 2. The van der Waals surface area contributed by atoms with Gasteiger partial charge in [0.1, 0.15) is 11.6 Å². The molecule has 8 heteroatoms. The standard InChI is InChI=1S/C11H18F3NO4/c1-9(2,3)19-8(18)15-6(7(16)17)10(4,5)11(12,13)14/h6H,1-5H3,(H,15,18)(H,16,17). The van der Waals surface area contributed by atoms with Gasteiger partial charge in [0.25, 0.3) is 0 Å². The molecule has 0 spiro atoms. The fourth-order valence-electron chi connectivity index (χ4n) is 1.14. The number of carboxylic acids is 1. The lowest BCUT2D eigenvalue weighted by molar-refractivity contribution is -0.223. The summed E-state index contributed by atoms with van der Waals surface area (Å²) in [5.74, 6) is -1.78. The van der Waals surface area contributed by atoms with E-state index in [-0.39, 0.29) is 0 Å². The number of ether oxygens (including phenoxy) is 1. The van der Waals surface area contributed by atoms with Gasteiger partial charge in [-0.05, 0) is 34.6 Å². The van der Waals surface area contributed by atoms with Gasteiger partial charge in [-0.15, -0.1) is 0 Å². The molecule has 1 unspecified atom stereocenters. The van der Waals surface area contributed by atoms with Crippen LogP contribution in [0.1, 0.15) is 34.6 Å². The van der Waals surface area contributed by atoms with Crippen LogP contribution >= 0.6 is 0 Å². The summed E-state index contributed by atoms with van der Waals surface area (Å²) < 4.78 is 43.1. The Bertz CT molecular complexity index is 358. The van der Waals surface area contributed by atoms with Crippen molar-refractivity contribution in [3.05, 3.63) is 0 Å². The van der Waals surface area contributed by atoms with Gasteiger partial charge in [0, 0.05) is 0 Å². The van der Waals surface area contributed by atoms with Gasteiger partial charge in [0.2, 0.25) is 0 Å². The number of rotatable bonds is 3. The minimum absolute atomic E-state index is 0.698. The Morgan fingerprint density at radius 3 is 1.79 bits per heavy atom. The highest BCUT2D eigenvalue weighted by Crippen LogP contribution is 2.40. The summed E-state index contributed by atoms with van der Waals surface area (Å²) in [7, 11) is 0. The second kappa shape index (κ2) is 5.26. The van der Waals surface area contributed by atoms with Gasteiger partial charge in [-0.2, -0.15) is 13.2 Å². The first-order valence-corrected chi connectivity index (χ1v) is 5.47. The molecule has 0 fully saturated rings. The van der Waals surface area contributed by atoms with Crippen molar-refractivity contribution >= 4 is 12.1 Å². The normalized spacial score (nSPS) is 14.7. The molecule has 1 atom stereocenters. The highest BCUT2D eigenvalue weighted by molar-refractivity contribution is 5.81. The number of nitrogens with one attached hydrogen (secondary N) is 1. The molecule has 0 saturated heterocycles. The van der Waals surface area contributed by atoms with Crippen molar-refractivity contribution < 1.29 is 32.6 Å². The van der Waals surface area contributed by atoms with E-state index in [1.807, 2.05) is 0 Å². The quantitative estimate of drug-likeness (QED) is 0.835. The monoisotopic (exact) mass is 285 g/mol. The number of alkyl carbamates (subject to hydrolysis) is 1. The van der Waals surface area contributed by atoms with Crippen LogP contribution in [0.3, 0.4) is 0 Å². The van der Waals surface area contributed by atoms with Crippen molar-refractivity contribution in [2.24, 2.45) is 5.41 Å². The third-order valence-corrected chi connectivity index (χ3v) is 2.36. The summed E-state index contributed by atoms with van der Waals surface area (Å²) in [6.45, 7) is 5.93. The van der Waals surface area contributed by atoms with Crippen LogP contribution in [-0.4, -0.2) is 35.0 Å². The molecule has 0 heterocycles. The lowest BCUT2D eigenvalue weighted by Crippen LogP contribution is -2.56. The first-order chi connectivity index (χ1) is 8.18. The number of halogens is 3. The SMILES string of the molecule is CC(C)(C)OC(=O)NC(C(=O)O)C(C)(C)C(F)(F)F. The maximum absolute atomic E-state index is 12.8. The molecule has 0 rings (SSSR count). The van der Waals surface area contributed by atoms with Gasteiger partial charge in [-0.1, -0.05) is 0 Å². The molecule has 0 aliphatic carbocycles. The van der Waals surface area contributed by atoms with E-state index in [9.17, 15) is 22.8 Å².